The molecule has 2 aliphatic rings. The van der Waals surface area contributed by atoms with Crippen LogP contribution in [0.4, 0.5) is 5.69 Å². The van der Waals surface area contributed by atoms with Crippen LogP contribution in [0.1, 0.15) is 119 Å². The molecule has 1 unspecified atom stereocenters. The van der Waals surface area contributed by atoms with Gasteiger partial charge in [-0.3, -0.25) is 4.79 Å². The van der Waals surface area contributed by atoms with Gasteiger partial charge in [0.25, 0.3) is 0 Å². The maximum atomic E-state index is 13.0. The second-order valence-corrected chi connectivity index (χ2v) is 21.0. The van der Waals surface area contributed by atoms with Gasteiger partial charge in [0.2, 0.25) is 5.91 Å². The van der Waals surface area contributed by atoms with Gasteiger partial charge in [-0.1, -0.05) is 59.1 Å². The van der Waals surface area contributed by atoms with E-state index in [0.29, 0.717) is 11.3 Å². The Kier molecular flexibility index (Phi) is 12.9. The van der Waals surface area contributed by atoms with Crippen LogP contribution in [0.2, 0.25) is 18.1 Å². The van der Waals surface area contributed by atoms with Crippen LogP contribution in [0.3, 0.4) is 0 Å². The molecule has 0 bridgehead atoms. The van der Waals surface area contributed by atoms with Gasteiger partial charge in [-0.25, -0.2) is 4.79 Å². The fraction of sp³-hybridized carbons (Fsp3) is 0.676. The SMILES string of the molecule is CCCCC[C@H](O[Si](C)(C)C(C)(C)C)c1ccc(N2C(=O)CCC2CCCc2ccc(C(=O)OC[C@H]3OC(C)(C)O[C@@H]3CO)s2)cc1. The molecule has 3 heterocycles. The number of nitrogens with zero attached hydrogens (tertiary/aromatic N) is 1. The maximum Gasteiger partial charge on any atom is 0.348 e. The minimum Gasteiger partial charge on any atom is -0.459 e. The third-order valence-electron chi connectivity index (χ3n) is 9.85. The zero-order valence-corrected chi connectivity index (χ0v) is 31.6. The van der Waals surface area contributed by atoms with Gasteiger partial charge in [0, 0.05) is 23.0 Å². The predicted molar refractivity (Wildman–Crippen MR) is 191 cm³/mol. The normalized spacial score (nSPS) is 22.2. The molecule has 8 nitrogen and oxygen atoms in total. The molecule has 2 aromatic rings. The number of carbonyl (C=O) groups excluding carboxylic acids is 2. The van der Waals surface area contributed by atoms with Gasteiger partial charge in [0.05, 0.1) is 12.7 Å². The lowest BCUT2D eigenvalue weighted by atomic mass is 10.0. The molecule has 2 saturated heterocycles. The van der Waals surface area contributed by atoms with Crippen molar-refractivity contribution in [1.82, 2.24) is 0 Å². The minimum atomic E-state index is -1.95. The van der Waals surface area contributed by atoms with Gasteiger partial charge in [-0.05, 0) is 93.9 Å². The molecular weight excluding hydrogens is 631 g/mol. The van der Waals surface area contributed by atoms with E-state index in [9.17, 15) is 14.7 Å². The van der Waals surface area contributed by atoms with Gasteiger partial charge >= 0.3 is 5.97 Å². The number of rotatable bonds is 16. The first-order chi connectivity index (χ1) is 22.1. The lowest BCUT2D eigenvalue weighted by Crippen LogP contribution is -2.41. The van der Waals surface area contributed by atoms with Crippen molar-refractivity contribution < 1.29 is 33.3 Å². The number of aryl methyl sites for hydroxylation is 1. The largest absolute Gasteiger partial charge is 0.459 e. The molecule has 0 spiro atoms. The highest BCUT2D eigenvalue weighted by atomic mass is 32.1. The highest BCUT2D eigenvalue weighted by Crippen LogP contribution is 2.41. The highest BCUT2D eigenvalue weighted by Gasteiger charge is 2.42. The van der Waals surface area contributed by atoms with Crippen LogP contribution in [0.15, 0.2) is 36.4 Å². The molecule has 10 heteroatoms. The predicted octanol–water partition coefficient (Wildman–Crippen LogP) is 8.58. The summed E-state index contributed by atoms with van der Waals surface area (Å²) in [7, 11) is -1.95. The number of ether oxygens (including phenoxy) is 3. The molecule has 0 radical (unpaired) electrons. The summed E-state index contributed by atoms with van der Waals surface area (Å²) >= 11 is 1.44. The standard InChI is InChI=1S/C37H57NO7SSi/c1-9-10-11-15-30(45-47(7,8)36(2,3)4)26-16-18-28(19-17-26)38-27(20-23-34(38)40)13-12-14-29-21-22-33(46-29)35(41)42-25-32-31(24-39)43-37(5,6)44-32/h16-19,21-22,27,30-32,39H,9-15,20,23-25H2,1-8H3/t27?,30-,31+,32+/m0/s1. The van der Waals surface area contributed by atoms with E-state index < -0.39 is 32.3 Å². The Labute approximate surface area is 287 Å². The zero-order chi connectivity index (χ0) is 34.4. The molecule has 1 aromatic carbocycles. The Morgan fingerprint density at radius 2 is 1.79 bits per heavy atom. The van der Waals surface area contributed by atoms with Gasteiger partial charge in [-0.2, -0.15) is 0 Å². The second-order valence-electron chi connectivity index (χ2n) is 15.1. The van der Waals surface area contributed by atoms with E-state index in [0.717, 1.165) is 49.1 Å². The average molecular weight is 688 g/mol. The lowest BCUT2D eigenvalue weighted by molar-refractivity contribution is -0.151. The van der Waals surface area contributed by atoms with E-state index in [2.05, 4.69) is 65.1 Å². The maximum absolute atomic E-state index is 13.0. The van der Waals surface area contributed by atoms with E-state index in [4.69, 9.17) is 18.6 Å². The molecule has 47 heavy (non-hydrogen) atoms. The first-order valence-electron chi connectivity index (χ1n) is 17.5. The summed E-state index contributed by atoms with van der Waals surface area (Å²) in [6.45, 7) is 17.1. The number of hydrogen-bond donors (Lipinski definition) is 1. The highest BCUT2D eigenvalue weighted by molar-refractivity contribution is 7.13. The number of unbranched alkanes of at least 4 members (excludes halogenated alkanes) is 2. The number of aliphatic hydroxyl groups is 1. The summed E-state index contributed by atoms with van der Waals surface area (Å²) in [5, 5.41) is 9.70. The van der Waals surface area contributed by atoms with E-state index in [1.807, 2.05) is 11.0 Å². The van der Waals surface area contributed by atoms with Gasteiger partial charge < -0.3 is 28.6 Å². The van der Waals surface area contributed by atoms with Crippen molar-refractivity contribution in [2.75, 3.05) is 18.1 Å². The summed E-state index contributed by atoms with van der Waals surface area (Å²) in [5.41, 5.74) is 2.16. The smallest absolute Gasteiger partial charge is 0.348 e. The minimum absolute atomic E-state index is 0.0242. The second kappa shape index (κ2) is 16.1. The Hall–Kier alpha value is -2.08. The van der Waals surface area contributed by atoms with Crippen molar-refractivity contribution in [2.45, 2.75) is 148 Å². The number of thiophene rings is 1. The fourth-order valence-corrected chi connectivity index (χ4v) is 8.46. The Bertz CT molecular complexity index is 1320. The molecule has 4 rings (SSSR count). The van der Waals surface area contributed by atoms with E-state index in [1.54, 1.807) is 19.9 Å². The van der Waals surface area contributed by atoms with Crippen molar-refractivity contribution in [3.05, 3.63) is 51.7 Å². The molecule has 1 N–H and O–H groups in total. The van der Waals surface area contributed by atoms with Crippen LogP contribution < -0.4 is 4.90 Å². The van der Waals surface area contributed by atoms with E-state index in [-0.39, 0.29) is 36.3 Å². The summed E-state index contributed by atoms with van der Waals surface area (Å²) in [6, 6.07) is 12.5. The van der Waals surface area contributed by atoms with Crippen LogP contribution >= 0.6 is 11.3 Å². The first kappa shape index (κ1) is 37.7. The quantitative estimate of drug-likeness (QED) is 0.107. The molecule has 1 aromatic heterocycles. The van der Waals surface area contributed by atoms with Gasteiger partial charge in [0.1, 0.15) is 23.7 Å². The number of anilines is 1. The molecule has 0 saturated carbocycles. The summed E-state index contributed by atoms with van der Waals surface area (Å²) < 4.78 is 23.8. The third-order valence-corrected chi connectivity index (χ3v) is 15.5. The molecule has 0 aliphatic carbocycles. The van der Waals surface area contributed by atoms with Crippen LogP contribution in [0.25, 0.3) is 0 Å². The Balaban J connectivity index is 1.32. The van der Waals surface area contributed by atoms with Crippen LogP contribution in [0.5, 0.6) is 0 Å². The van der Waals surface area contributed by atoms with Crippen molar-refractivity contribution in [1.29, 1.82) is 0 Å². The molecule has 4 atom stereocenters. The number of hydrogen-bond acceptors (Lipinski definition) is 8. The monoisotopic (exact) mass is 687 g/mol. The number of carbonyl (C=O) groups is 2. The Morgan fingerprint density at radius 3 is 2.45 bits per heavy atom. The van der Waals surface area contributed by atoms with Gasteiger partial charge in [-0.15, -0.1) is 11.3 Å². The van der Waals surface area contributed by atoms with Gasteiger partial charge in [0.15, 0.2) is 14.1 Å². The topological polar surface area (TPSA) is 94.5 Å². The first-order valence-corrected chi connectivity index (χ1v) is 21.2. The molecule has 262 valence electrons. The fourth-order valence-electron chi connectivity index (χ4n) is 6.19. The molecule has 1 amide bonds. The molecule has 2 fully saturated rings. The molecule has 2 aliphatic heterocycles. The lowest BCUT2D eigenvalue weighted by Gasteiger charge is -2.39. The van der Waals surface area contributed by atoms with E-state index in [1.165, 1.54) is 29.7 Å². The van der Waals surface area contributed by atoms with Crippen LogP contribution in [-0.2, 0) is 29.9 Å². The number of amides is 1. The van der Waals surface area contributed by atoms with Crippen molar-refractivity contribution in [3.63, 3.8) is 0 Å². The van der Waals surface area contributed by atoms with Crippen molar-refractivity contribution in [2.24, 2.45) is 0 Å². The average Bonchev–Trinajstić information content (AvgIpc) is 3.71. The van der Waals surface area contributed by atoms with Crippen LogP contribution in [-0.4, -0.2) is 62.6 Å². The zero-order valence-electron chi connectivity index (χ0n) is 29.8. The Morgan fingerprint density at radius 1 is 1.09 bits per heavy atom. The van der Waals surface area contributed by atoms with Crippen molar-refractivity contribution in [3.8, 4) is 0 Å². The number of esters is 1. The third kappa shape index (κ3) is 9.98. The number of aliphatic hydroxyl groups excluding tert-OH is 1. The summed E-state index contributed by atoms with van der Waals surface area (Å²) in [4.78, 5) is 29.4. The van der Waals surface area contributed by atoms with Crippen molar-refractivity contribution >= 4 is 37.2 Å². The summed E-state index contributed by atoms with van der Waals surface area (Å²) in [5.74, 6) is -1.03. The molecular formula is C37H57NO7SSi. The number of benzene rings is 1. The van der Waals surface area contributed by atoms with Crippen LogP contribution in [0, 0.1) is 0 Å². The summed E-state index contributed by atoms with van der Waals surface area (Å²) in [6.07, 6.45) is 7.66. The van der Waals surface area contributed by atoms with E-state index >= 15 is 0 Å².